The number of rotatable bonds is 9. The number of amides is 2. The predicted octanol–water partition coefficient (Wildman–Crippen LogP) is 6.17. The lowest BCUT2D eigenvalue weighted by molar-refractivity contribution is -0.120. The summed E-state index contributed by atoms with van der Waals surface area (Å²) in [5.74, 6) is 0.502. The number of carbonyl (C=O) groups is 2. The quantitative estimate of drug-likeness (QED) is 0.208. The number of benzene rings is 1. The maximum Gasteiger partial charge on any atom is 0.254 e. The van der Waals surface area contributed by atoms with Crippen LogP contribution < -0.4 is 16.2 Å². The van der Waals surface area contributed by atoms with Gasteiger partial charge in [-0.05, 0) is 70.8 Å². The molecule has 9 heteroatoms. The van der Waals surface area contributed by atoms with Gasteiger partial charge in [-0.25, -0.2) is 0 Å². The van der Waals surface area contributed by atoms with E-state index < -0.39 is 8.07 Å². The monoisotopic (exact) mass is 580 g/mol. The number of nitrogens with one attached hydrogen (secondary N) is 3. The van der Waals surface area contributed by atoms with Gasteiger partial charge in [0.2, 0.25) is 5.91 Å². The zero-order valence-electron chi connectivity index (χ0n) is 24.9. The summed E-state index contributed by atoms with van der Waals surface area (Å²) in [6.07, 6.45) is 6.00. The number of pyridine rings is 1. The van der Waals surface area contributed by atoms with Gasteiger partial charge in [-0.3, -0.25) is 14.4 Å². The Labute approximate surface area is 242 Å². The summed E-state index contributed by atoms with van der Waals surface area (Å²) in [5, 5.41) is 7.25. The Morgan fingerprint density at radius 1 is 1.12 bits per heavy atom. The molecule has 0 unspecified atom stereocenters. The molecular formula is C31H44N4O3SSi. The Balaban J connectivity index is 1.51. The van der Waals surface area contributed by atoms with Crippen LogP contribution in [0.1, 0.15) is 66.0 Å². The number of para-hydroxylation sites is 1. The fourth-order valence-electron chi connectivity index (χ4n) is 6.21. The summed E-state index contributed by atoms with van der Waals surface area (Å²) >= 11 is 1.51. The average molecular weight is 581 g/mol. The number of hydrogen-bond donors (Lipinski definition) is 3. The van der Waals surface area contributed by atoms with E-state index >= 15 is 0 Å². The molecular weight excluding hydrogens is 537 g/mol. The van der Waals surface area contributed by atoms with Crippen LogP contribution in [0.5, 0.6) is 0 Å². The Kier molecular flexibility index (Phi) is 9.35. The first-order chi connectivity index (χ1) is 18.9. The van der Waals surface area contributed by atoms with Crippen LogP contribution in [0.15, 0.2) is 40.0 Å². The Hall–Kier alpha value is -2.78. The summed E-state index contributed by atoms with van der Waals surface area (Å²) in [6.45, 7) is 13.0. The van der Waals surface area contributed by atoms with E-state index in [4.69, 9.17) is 0 Å². The molecule has 40 heavy (non-hydrogen) atoms. The van der Waals surface area contributed by atoms with Crippen molar-refractivity contribution in [2.75, 3.05) is 6.26 Å². The van der Waals surface area contributed by atoms with Crippen LogP contribution in [0.25, 0.3) is 10.9 Å². The van der Waals surface area contributed by atoms with Crippen LogP contribution in [0.2, 0.25) is 25.7 Å². The van der Waals surface area contributed by atoms with Gasteiger partial charge in [0.15, 0.2) is 0 Å². The van der Waals surface area contributed by atoms with Crippen molar-refractivity contribution in [3.63, 3.8) is 0 Å². The van der Waals surface area contributed by atoms with Crippen molar-refractivity contribution in [2.24, 2.45) is 5.92 Å². The van der Waals surface area contributed by atoms with Crippen molar-refractivity contribution in [3.8, 4) is 0 Å². The van der Waals surface area contributed by atoms with Crippen molar-refractivity contribution < 1.29 is 9.59 Å². The Morgan fingerprint density at radius 2 is 1.80 bits per heavy atom. The molecule has 2 aromatic heterocycles. The third-order valence-electron chi connectivity index (χ3n) is 8.18. The van der Waals surface area contributed by atoms with E-state index in [1.54, 1.807) is 0 Å². The molecule has 1 aliphatic rings. The lowest BCUT2D eigenvalue weighted by atomic mass is 9.82. The molecule has 1 aliphatic carbocycles. The normalized spacial score (nSPS) is 18.5. The van der Waals surface area contributed by atoms with Crippen LogP contribution in [-0.2, 0) is 11.3 Å². The lowest BCUT2D eigenvalue weighted by Gasteiger charge is -2.34. The summed E-state index contributed by atoms with van der Waals surface area (Å²) in [4.78, 5) is 42.4. The van der Waals surface area contributed by atoms with Gasteiger partial charge in [-0.15, -0.1) is 11.8 Å². The Bertz CT molecular complexity index is 1450. The van der Waals surface area contributed by atoms with Gasteiger partial charge < -0.3 is 20.2 Å². The molecule has 0 spiro atoms. The van der Waals surface area contributed by atoms with Crippen LogP contribution in [0, 0.1) is 19.8 Å². The molecule has 3 N–H and O–H groups in total. The molecule has 0 saturated heterocycles. The van der Waals surface area contributed by atoms with Gasteiger partial charge in [-0.2, -0.15) is 0 Å². The third-order valence-corrected chi connectivity index (χ3v) is 10.4. The van der Waals surface area contributed by atoms with Crippen molar-refractivity contribution in [1.82, 2.24) is 20.2 Å². The number of hydrogen-bond acceptors (Lipinski definition) is 4. The number of aromatic nitrogens is 2. The van der Waals surface area contributed by atoms with Gasteiger partial charge in [0.05, 0.1) is 13.6 Å². The zero-order chi connectivity index (χ0) is 29.2. The highest BCUT2D eigenvalue weighted by atomic mass is 32.2. The molecule has 0 aliphatic heterocycles. The first-order valence-corrected chi connectivity index (χ1v) is 19.3. The van der Waals surface area contributed by atoms with E-state index in [9.17, 15) is 14.4 Å². The van der Waals surface area contributed by atoms with E-state index in [2.05, 4.69) is 52.8 Å². The molecule has 7 nitrogen and oxygen atoms in total. The minimum atomic E-state index is -1.42. The molecule has 0 radical (unpaired) electrons. The van der Waals surface area contributed by atoms with Crippen LogP contribution in [0.3, 0.4) is 0 Å². The number of H-pyrrole nitrogens is 1. The van der Waals surface area contributed by atoms with Gasteiger partial charge in [0.25, 0.3) is 11.5 Å². The molecule has 1 atom stereocenters. The molecule has 216 valence electrons. The summed E-state index contributed by atoms with van der Waals surface area (Å²) in [7, 11) is -1.42. The highest BCUT2D eigenvalue weighted by molar-refractivity contribution is 7.98. The summed E-state index contributed by atoms with van der Waals surface area (Å²) in [5.41, 5.74) is 3.89. The smallest absolute Gasteiger partial charge is 0.254 e. The summed E-state index contributed by atoms with van der Waals surface area (Å²) < 4.78 is 2.32. The van der Waals surface area contributed by atoms with Crippen LogP contribution in [-0.4, -0.2) is 41.7 Å². The minimum absolute atomic E-state index is 0.162. The van der Waals surface area contributed by atoms with Gasteiger partial charge >= 0.3 is 0 Å². The predicted molar refractivity (Wildman–Crippen MR) is 168 cm³/mol. The fourth-order valence-corrected chi connectivity index (χ4v) is 7.98. The second-order valence-corrected chi connectivity index (χ2v) is 18.8. The third kappa shape index (κ3) is 6.74. The highest BCUT2D eigenvalue weighted by Gasteiger charge is 2.31. The fraction of sp³-hybridized carbons (Fsp3) is 0.516. The molecule has 1 saturated carbocycles. The molecule has 3 aromatic rings. The highest BCUT2D eigenvalue weighted by Crippen LogP contribution is 2.38. The van der Waals surface area contributed by atoms with Gasteiger partial charge in [0, 0.05) is 57.4 Å². The molecule has 0 bridgehead atoms. The number of fused-ring (bicyclic) bond motifs is 1. The number of carbonyl (C=O) groups excluding carboxylic acids is 2. The molecule has 2 heterocycles. The first-order valence-electron chi connectivity index (χ1n) is 14.3. The second kappa shape index (κ2) is 12.4. The topological polar surface area (TPSA) is 96.0 Å². The van der Waals surface area contributed by atoms with Gasteiger partial charge in [-0.1, -0.05) is 37.8 Å². The number of thioether (sulfide) groups is 1. The zero-order valence-corrected chi connectivity index (χ0v) is 26.8. The largest absolute Gasteiger partial charge is 0.354 e. The van der Waals surface area contributed by atoms with Crippen molar-refractivity contribution in [1.29, 1.82) is 0 Å². The van der Waals surface area contributed by atoms with Gasteiger partial charge in [0.1, 0.15) is 0 Å². The number of aryl methyl sites for hydroxylation is 1. The van der Waals surface area contributed by atoms with E-state index in [1.807, 2.05) is 44.4 Å². The SMILES string of the molecule is CSc1cc(C)[nH]c(=O)c1CNC(=O)c1c(C)n([C@H](C)C2CCC(NC(=O)C[Si](C)(C)C)CC2)c2ccccc12. The summed E-state index contributed by atoms with van der Waals surface area (Å²) in [6, 6.07) is 11.2. The molecule has 4 rings (SSSR count). The number of aromatic amines is 1. The maximum atomic E-state index is 13.6. The molecule has 1 fully saturated rings. The van der Waals surface area contributed by atoms with E-state index in [-0.39, 0.29) is 36.0 Å². The van der Waals surface area contributed by atoms with Crippen LogP contribution >= 0.6 is 11.8 Å². The maximum absolute atomic E-state index is 13.6. The standard InChI is InChI=1S/C31H44N4O3SSi/c1-19-16-27(39-4)25(30(37)33-19)17-32-31(38)29-21(3)35(26-11-9-8-10-24(26)29)20(2)22-12-14-23(15-13-22)34-28(36)18-40(5,6)7/h8-11,16,20,22-23H,12-15,17-18H2,1-7H3,(H,32,38)(H,33,37)(H,34,36)/t20-,22?,23?/m1/s1. The van der Waals surface area contributed by atoms with Crippen LogP contribution in [0.4, 0.5) is 0 Å². The van der Waals surface area contributed by atoms with E-state index in [0.29, 0.717) is 23.1 Å². The van der Waals surface area contributed by atoms with E-state index in [0.717, 1.165) is 52.9 Å². The van der Waals surface area contributed by atoms with E-state index in [1.165, 1.54) is 11.8 Å². The first kappa shape index (κ1) is 30.2. The Morgan fingerprint density at radius 3 is 2.45 bits per heavy atom. The number of nitrogens with zero attached hydrogens (tertiary/aromatic N) is 1. The minimum Gasteiger partial charge on any atom is -0.354 e. The van der Waals surface area contributed by atoms with Crippen molar-refractivity contribution in [3.05, 3.63) is 63.2 Å². The molecule has 1 aromatic carbocycles. The molecule has 2 amide bonds. The van der Waals surface area contributed by atoms with Crippen molar-refractivity contribution in [2.45, 2.75) is 95.7 Å². The van der Waals surface area contributed by atoms with Crippen molar-refractivity contribution >= 4 is 42.6 Å². The average Bonchev–Trinajstić information content (AvgIpc) is 3.18. The lowest BCUT2D eigenvalue weighted by Crippen LogP contribution is -2.41. The second-order valence-electron chi connectivity index (χ2n) is 12.5.